The fourth-order valence-electron chi connectivity index (χ4n) is 4.35. The quantitative estimate of drug-likeness (QED) is 0.572. The van der Waals surface area contributed by atoms with E-state index in [0.717, 1.165) is 22.8 Å². The predicted octanol–water partition coefficient (Wildman–Crippen LogP) is 3.88. The molecule has 2 amide bonds. The highest BCUT2D eigenvalue weighted by molar-refractivity contribution is 6.10. The molecule has 34 heavy (non-hydrogen) atoms. The lowest BCUT2D eigenvalue weighted by Crippen LogP contribution is -2.36. The lowest BCUT2D eigenvalue weighted by molar-refractivity contribution is 0.0844. The number of amides is 2. The number of benzene rings is 3. The fourth-order valence-corrected chi connectivity index (χ4v) is 4.35. The summed E-state index contributed by atoms with van der Waals surface area (Å²) < 4.78 is 0. The second-order valence-electron chi connectivity index (χ2n) is 8.41. The zero-order valence-electron chi connectivity index (χ0n) is 18.9. The third-order valence-electron chi connectivity index (χ3n) is 6.14. The Hall–Kier alpha value is -4.06. The number of hydrogen-bond acceptors (Lipinski definition) is 4. The Labute approximate surface area is 199 Å². The average Bonchev–Trinajstić information content (AvgIpc) is 3.54. The summed E-state index contributed by atoms with van der Waals surface area (Å²) in [5.74, 6) is 1.41. The van der Waals surface area contributed by atoms with Crippen molar-refractivity contribution in [3.8, 4) is 0 Å². The van der Waals surface area contributed by atoms with Gasteiger partial charge in [-0.05, 0) is 35.4 Å². The molecule has 0 saturated carbocycles. The molecule has 2 heterocycles. The zero-order valence-corrected chi connectivity index (χ0v) is 18.9. The van der Waals surface area contributed by atoms with Crippen LogP contribution in [0.5, 0.6) is 0 Å². The van der Waals surface area contributed by atoms with E-state index in [4.69, 9.17) is 0 Å². The van der Waals surface area contributed by atoms with Gasteiger partial charge in [-0.1, -0.05) is 60.7 Å². The van der Waals surface area contributed by atoms with Crippen LogP contribution in [0.3, 0.4) is 0 Å². The lowest BCUT2D eigenvalue weighted by Gasteiger charge is -2.20. The van der Waals surface area contributed by atoms with E-state index in [1.165, 1.54) is 0 Å². The Morgan fingerprint density at radius 3 is 1.35 bits per heavy atom. The van der Waals surface area contributed by atoms with Crippen LogP contribution in [0, 0.1) is 0 Å². The number of nitrogens with zero attached hydrogens (tertiary/aromatic N) is 4. The molecule has 0 N–H and O–H groups in total. The van der Waals surface area contributed by atoms with Crippen LogP contribution in [-0.2, 0) is 12.8 Å². The lowest BCUT2D eigenvalue weighted by atomic mass is 10.1. The summed E-state index contributed by atoms with van der Waals surface area (Å²) in [6.45, 7) is 2.38. The van der Waals surface area contributed by atoms with Gasteiger partial charge in [0, 0.05) is 37.1 Å². The Morgan fingerprint density at radius 2 is 0.971 bits per heavy atom. The Kier molecular flexibility index (Phi) is 6.29. The van der Waals surface area contributed by atoms with Crippen molar-refractivity contribution in [3.63, 3.8) is 0 Å². The number of aliphatic imine (C=N–C) groups is 2. The maximum atomic E-state index is 13.2. The van der Waals surface area contributed by atoms with E-state index in [0.29, 0.717) is 50.1 Å². The van der Waals surface area contributed by atoms with Gasteiger partial charge >= 0.3 is 0 Å². The van der Waals surface area contributed by atoms with Crippen molar-refractivity contribution in [2.75, 3.05) is 26.2 Å². The van der Waals surface area contributed by atoms with Gasteiger partial charge in [-0.25, -0.2) is 0 Å². The first-order chi connectivity index (χ1) is 16.7. The molecule has 3 aromatic carbocycles. The zero-order chi connectivity index (χ0) is 23.3. The molecule has 3 aromatic rings. The largest absolute Gasteiger partial charge is 0.294 e. The molecule has 0 fully saturated rings. The Balaban J connectivity index is 1.26. The van der Waals surface area contributed by atoms with Crippen LogP contribution >= 0.6 is 0 Å². The van der Waals surface area contributed by atoms with Crippen molar-refractivity contribution in [2.45, 2.75) is 12.8 Å². The molecule has 2 aliphatic heterocycles. The number of carbonyl (C=O) groups is 2. The highest BCUT2D eigenvalue weighted by Gasteiger charge is 2.27. The van der Waals surface area contributed by atoms with Gasteiger partial charge in [-0.15, -0.1) is 0 Å². The van der Waals surface area contributed by atoms with E-state index in [1.807, 2.05) is 60.7 Å². The van der Waals surface area contributed by atoms with Crippen LogP contribution in [0.15, 0.2) is 94.9 Å². The van der Waals surface area contributed by atoms with Gasteiger partial charge in [0.25, 0.3) is 11.8 Å². The van der Waals surface area contributed by atoms with Gasteiger partial charge in [0.05, 0.1) is 13.1 Å². The number of rotatable bonds is 6. The summed E-state index contributed by atoms with van der Waals surface area (Å²) in [4.78, 5) is 38.9. The molecule has 0 radical (unpaired) electrons. The molecule has 5 rings (SSSR count). The summed E-state index contributed by atoms with van der Waals surface area (Å²) in [6.07, 6.45) is 1.25. The van der Waals surface area contributed by atoms with Crippen molar-refractivity contribution in [1.82, 2.24) is 9.80 Å². The van der Waals surface area contributed by atoms with E-state index >= 15 is 0 Å². The summed E-state index contributed by atoms with van der Waals surface area (Å²) in [5, 5.41) is 0. The minimum absolute atomic E-state index is 0.0846. The Morgan fingerprint density at radius 1 is 0.588 bits per heavy atom. The second-order valence-corrected chi connectivity index (χ2v) is 8.41. The normalized spacial score (nSPS) is 15.3. The van der Waals surface area contributed by atoms with Crippen LogP contribution in [0.2, 0.25) is 0 Å². The molecule has 6 nitrogen and oxygen atoms in total. The van der Waals surface area contributed by atoms with Crippen molar-refractivity contribution >= 4 is 23.5 Å². The summed E-state index contributed by atoms with van der Waals surface area (Å²) in [5.41, 5.74) is 3.36. The second kappa shape index (κ2) is 9.83. The molecular weight excluding hydrogens is 424 g/mol. The van der Waals surface area contributed by atoms with Crippen LogP contribution < -0.4 is 0 Å². The van der Waals surface area contributed by atoms with E-state index in [2.05, 4.69) is 9.98 Å². The number of hydrogen-bond donors (Lipinski definition) is 0. The first-order valence-corrected chi connectivity index (χ1v) is 11.6. The summed E-state index contributed by atoms with van der Waals surface area (Å²) in [6, 6.07) is 27.0. The topological polar surface area (TPSA) is 65.3 Å². The van der Waals surface area contributed by atoms with E-state index < -0.39 is 0 Å². The minimum Gasteiger partial charge on any atom is -0.294 e. The van der Waals surface area contributed by atoms with Gasteiger partial charge in [0.15, 0.2) is 0 Å². The first-order valence-electron chi connectivity index (χ1n) is 11.6. The predicted molar refractivity (Wildman–Crippen MR) is 133 cm³/mol. The molecule has 6 heteroatoms. The Bertz CT molecular complexity index is 1140. The molecule has 0 bridgehead atoms. The standard InChI is InChI=1S/C28H26N4O2/c33-27(31-17-15-29-25(31)19-21-7-3-1-4-8-21)23-11-13-24(14-12-23)28(34)32-18-16-30-26(32)20-22-9-5-2-6-10-22/h1-14H,15-20H2. The average molecular weight is 451 g/mol. The van der Waals surface area contributed by atoms with Gasteiger partial charge in [-0.3, -0.25) is 29.4 Å². The molecule has 0 aliphatic carbocycles. The molecule has 0 atom stereocenters. The smallest absolute Gasteiger partial charge is 0.259 e. The third-order valence-corrected chi connectivity index (χ3v) is 6.14. The van der Waals surface area contributed by atoms with Gasteiger partial charge in [0.2, 0.25) is 0 Å². The van der Waals surface area contributed by atoms with Crippen molar-refractivity contribution < 1.29 is 9.59 Å². The van der Waals surface area contributed by atoms with Crippen LogP contribution in [0.25, 0.3) is 0 Å². The van der Waals surface area contributed by atoms with E-state index in [9.17, 15) is 9.59 Å². The summed E-state index contributed by atoms with van der Waals surface area (Å²) in [7, 11) is 0. The molecule has 2 aliphatic rings. The van der Waals surface area contributed by atoms with E-state index in [-0.39, 0.29) is 11.8 Å². The first kappa shape index (κ1) is 21.8. The van der Waals surface area contributed by atoms with Crippen molar-refractivity contribution in [3.05, 3.63) is 107 Å². The minimum atomic E-state index is -0.0846. The van der Waals surface area contributed by atoms with Crippen LogP contribution in [0.1, 0.15) is 31.8 Å². The van der Waals surface area contributed by atoms with E-state index in [1.54, 1.807) is 34.1 Å². The monoisotopic (exact) mass is 450 g/mol. The number of carbonyl (C=O) groups excluding carboxylic acids is 2. The maximum Gasteiger partial charge on any atom is 0.259 e. The molecule has 0 unspecified atom stereocenters. The van der Waals surface area contributed by atoms with Gasteiger partial charge in [0.1, 0.15) is 11.7 Å². The SMILES string of the molecule is O=C(c1ccc(C(=O)N2CCN=C2Cc2ccccc2)cc1)N1CCN=C1Cc1ccccc1. The van der Waals surface area contributed by atoms with Gasteiger partial charge in [-0.2, -0.15) is 0 Å². The molecule has 170 valence electrons. The molecule has 0 spiro atoms. The van der Waals surface area contributed by atoms with Crippen molar-refractivity contribution in [1.29, 1.82) is 0 Å². The highest BCUT2D eigenvalue weighted by atomic mass is 16.2. The molecule has 0 saturated heterocycles. The molecular formula is C28H26N4O2. The highest BCUT2D eigenvalue weighted by Crippen LogP contribution is 2.17. The van der Waals surface area contributed by atoms with Crippen LogP contribution in [-0.4, -0.2) is 59.5 Å². The fraction of sp³-hybridized carbons (Fsp3) is 0.214. The number of amidine groups is 2. The van der Waals surface area contributed by atoms with Crippen LogP contribution in [0.4, 0.5) is 0 Å². The maximum absolute atomic E-state index is 13.2. The molecule has 0 aromatic heterocycles. The van der Waals surface area contributed by atoms with Crippen molar-refractivity contribution in [2.24, 2.45) is 9.98 Å². The third kappa shape index (κ3) is 4.66. The van der Waals surface area contributed by atoms with Gasteiger partial charge < -0.3 is 0 Å². The summed E-state index contributed by atoms with van der Waals surface area (Å²) >= 11 is 0.